The van der Waals surface area contributed by atoms with Gasteiger partial charge in [-0.1, -0.05) is 55.8 Å². The van der Waals surface area contributed by atoms with Crippen LogP contribution in [0.3, 0.4) is 0 Å². The molecule has 9 fully saturated rings. The first-order valence-electron chi connectivity index (χ1n) is 33.8. The number of ether oxygens (including phenoxy) is 15. The Morgan fingerprint density at radius 2 is 1.09 bits per heavy atom. The van der Waals surface area contributed by atoms with Gasteiger partial charge in [-0.25, -0.2) is 4.79 Å². The van der Waals surface area contributed by atoms with E-state index in [-0.39, 0.29) is 63.3 Å². The molecule has 1 aromatic carbocycles. The molecule has 11 rings (SSSR count). The van der Waals surface area contributed by atoms with Crippen LogP contribution in [0.2, 0.25) is 0 Å². The molecule has 26 nitrogen and oxygen atoms in total. The smallest absolute Gasteiger partial charge is 0.331 e. The number of ketones is 1. The average Bonchev–Trinajstić information content (AvgIpc) is 1.32. The Hall–Kier alpha value is -3.08. The van der Waals surface area contributed by atoms with Crippen LogP contribution in [-0.4, -0.2) is 256 Å². The summed E-state index contributed by atoms with van der Waals surface area (Å²) in [5.41, 5.74) is -3.27. The van der Waals surface area contributed by atoms with Gasteiger partial charge in [-0.15, -0.1) is 0 Å². The third-order valence-electron chi connectivity index (χ3n) is 22.9. The lowest BCUT2D eigenvalue weighted by Crippen LogP contribution is -2.75. The van der Waals surface area contributed by atoms with Crippen LogP contribution in [0.1, 0.15) is 138 Å². The molecule has 0 amide bonds. The van der Waals surface area contributed by atoms with Crippen molar-refractivity contribution in [3.63, 3.8) is 0 Å². The molecule has 6 heterocycles. The predicted octanol–water partition coefficient (Wildman–Crippen LogP) is 2.52. The first kappa shape index (κ1) is 72.2. The number of fused-ring (bicyclic) bond motifs is 5. The number of rotatable bonds is 19. The largest absolute Gasteiger partial charge is 0.458 e. The molecule has 9 N–H and O–H groups in total. The number of methoxy groups -OCH3 is 2. The van der Waals surface area contributed by atoms with E-state index in [9.17, 15) is 55.5 Å². The molecular weight excluding hydrogens is 1230 g/mol. The van der Waals surface area contributed by atoms with Crippen LogP contribution >= 0.6 is 0 Å². The normalized spacial score (nSPS) is 49.9. The van der Waals surface area contributed by atoms with Gasteiger partial charge >= 0.3 is 5.97 Å². The van der Waals surface area contributed by atoms with Crippen molar-refractivity contribution in [3.05, 3.63) is 53.6 Å². The molecule has 0 unspecified atom stereocenters. The van der Waals surface area contributed by atoms with E-state index in [4.69, 9.17) is 71.1 Å². The Kier molecular flexibility index (Phi) is 22.5. The summed E-state index contributed by atoms with van der Waals surface area (Å²) < 4.78 is 93.3. The third kappa shape index (κ3) is 14.0. The molecule has 1 aromatic rings. The molecule has 530 valence electrons. The highest BCUT2D eigenvalue weighted by Gasteiger charge is 2.77. The van der Waals surface area contributed by atoms with Crippen LogP contribution in [0.25, 0.3) is 6.08 Å². The van der Waals surface area contributed by atoms with Crippen molar-refractivity contribution in [2.24, 2.45) is 22.7 Å². The zero-order valence-electron chi connectivity index (χ0n) is 55.5. The van der Waals surface area contributed by atoms with Gasteiger partial charge in [-0.05, 0) is 104 Å². The maximum absolute atomic E-state index is 13.6. The van der Waals surface area contributed by atoms with Crippen molar-refractivity contribution >= 4 is 17.8 Å². The number of carbonyl (C=O) groups excluding carboxylic acids is 2. The van der Waals surface area contributed by atoms with Gasteiger partial charge in [0.2, 0.25) is 0 Å². The number of hydrogen-bond donors (Lipinski definition) is 9. The maximum Gasteiger partial charge on any atom is 0.331 e. The number of aliphatic hydroxyl groups is 9. The lowest BCUT2D eigenvalue weighted by molar-refractivity contribution is -0.358. The van der Waals surface area contributed by atoms with Crippen molar-refractivity contribution in [2.45, 2.75) is 310 Å². The number of esters is 1. The Bertz CT molecular complexity index is 2740. The van der Waals surface area contributed by atoms with Gasteiger partial charge < -0.3 is 117 Å². The minimum Gasteiger partial charge on any atom is -0.458 e. The molecule has 0 bridgehead atoms. The Morgan fingerprint density at radius 1 is 0.596 bits per heavy atom. The topological polar surface area (TPSA) is 355 Å². The molecule has 0 aromatic heterocycles. The van der Waals surface area contributed by atoms with Gasteiger partial charge in [0.05, 0.1) is 73.8 Å². The summed E-state index contributed by atoms with van der Waals surface area (Å²) >= 11 is 0. The summed E-state index contributed by atoms with van der Waals surface area (Å²) in [6.07, 6.45) is -16.2. The molecule has 4 aliphatic carbocycles. The van der Waals surface area contributed by atoms with E-state index in [1.165, 1.54) is 20.1 Å². The summed E-state index contributed by atoms with van der Waals surface area (Å²) in [7, 11) is 3.02. The van der Waals surface area contributed by atoms with E-state index < -0.39 is 206 Å². The summed E-state index contributed by atoms with van der Waals surface area (Å²) in [5, 5.41) is 101. The number of aliphatic hydroxyl groups excluding tert-OH is 7. The van der Waals surface area contributed by atoms with E-state index in [0.29, 0.717) is 25.7 Å². The highest BCUT2D eigenvalue weighted by Crippen LogP contribution is 2.70. The summed E-state index contributed by atoms with van der Waals surface area (Å²) in [4.78, 5) is 26.9. The van der Waals surface area contributed by atoms with Crippen LogP contribution in [0.4, 0.5) is 0 Å². The molecule has 10 aliphatic rings. The fourth-order valence-electron chi connectivity index (χ4n) is 17.6. The monoisotopic (exact) mass is 1330 g/mol. The third-order valence-corrected chi connectivity index (χ3v) is 22.9. The van der Waals surface area contributed by atoms with E-state index in [2.05, 4.69) is 6.92 Å². The number of hydrogen-bond acceptors (Lipinski definition) is 26. The standard InChI is InChI=1S/C68H102O26/c1-32(70)41-20-23-68(79)66(41,8)49(89-50(74)17-16-38-14-12-11-13-15-38)30-48-65(7)21-19-40(24-39(65)18-22-67(48,68)78)87-51-25-42(71)60(33(2)82-51)91-54-28-45(80-9)62(36(5)85-54)93-53-27-44(73)59(34(3)84-53)90-52-26-43(72)61(35(4)83-52)92-55-29-46(81-10)63(37(6)86-55)94-64-58(77)57(76)56(75)47(31-69)88-64/h11-18,33-37,40-49,51-64,69,71-73,75-79H,19-31H2,1-10H3/b17-16+/t33-,34-,35-,36-,37-,40+,41+,42+,43+,44-,45+,46+,47-,48-,49-,51+,52+,53+,54+,55+,56-,57+,58-,59-,60-,61-,62-,63-,64+,65+,66+,67+,68-/m1/s1. The summed E-state index contributed by atoms with van der Waals surface area (Å²) in [5.74, 6) is -1.83. The van der Waals surface area contributed by atoms with E-state index in [1.54, 1.807) is 34.0 Å². The van der Waals surface area contributed by atoms with Gasteiger partial charge in [0.1, 0.15) is 78.0 Å². The minimum absolute atomic E-state index is 0.0110. The Morgan fingerprint density at radius 3 is 1.59 bits per heavy atom. The van der Waals surface area contributed by atoms with Crippen LogP contribution in [0.15, 0.2) is 48.1 Å². The molecule has 0 spiro atoms. The predicted molar refractivity (Wildman–Crippen MR) is 327 cm³/mol. The van der Waals surface area contributed by atoms with Crippen LogP contribution < -0.4 is 0 Å². The molecule has 6 saturated heterocycles. The Labute approximate surface area is 549 Å². The second-order valence-corrected chi connectivity index (χ2v) is 28.6. The van der Waals surface area contributed by atoms with Crippen molar-refractivity contribution in [1.29, 1.82) is 0 Å². The fraction of sp³-hybridized carbons (Fsp3) is 0.824. The number of benzene rings is 1. The molecular formula is C68H102O26. The SMILES string of the molecule is CO[C@H]1C[C@H](O[C@H]2[C@@H](O)C[C@H](O[C@H]3CC[C@@]4(C)C(=CC[C@]5(O)[C@@H]4C[C@@H](OC(=O)/C=C/c4ccccc4)[C@]4(C)[C@H](C(C)=O)CC[C@@]45O)C3)O[C@@H]2C)O[C@H](C)[C@H]1O[C@H]1C[C@@H](O)[C@H](O[C@H]2C[C@H](O)[C@H](O[C@H]3C[C@H](OC)[C@H](O[C@@H]4O[C@H](CO)[C@@H](O)[C@H](O)[C@H]4O)[C@@H](C)O3)[C@@H](C)O2)[C@@H](C)O1. The van der Waals surface area contributed by atoms with Crippen molar-refractivity contribution in [3.8, 4) is 0 Å². The lowest BCUT2D eigenvalue weighted by atomic mass is 9.43. The fourth-order valence-corrected chi connectivity index (χ4v) is 17.6. The number of carbonyl (C=O) groups is 2. The molecule has 0 radical (unpaired) electrons. The summed E-state index contributed by atoms with van der Waals surface area (Å²) in [6.45, 7) is 13.6. The maximum atomic E-state index is 13.6. The van der Waals surface area contributed by atoms with Crippen molar-refractivity contribution < 1.29 is 127 Å². The van der Waals surface area contributed by atoms with Crippen molar-refractivity contribution in [2.75, 3.05) is 20.8 Å². The van der Waals surface area contributed by atoms with E-state index in [1.807, 2.05) is 57.2 Å². The van der Waals surface area contributed by atoms with Crippen LogP contribution in [0.5, 0.6) is 0 Å². The molecule has 94 heavy (non-hydrogen) atoms. The zero-order chi connectivity index (χ0) is 67.5. The molecule has 33 atom stereocenters. The Balaban J connectivity index is 0.632. The zero-order valence-corrected chi connectivity index (χ0v) is 55.5. The highest BCUT2D eigenvalue weighted by molar-refractivity contribution is 5.87. The van der Waals surface area contributed by atoms with Gasteiger partial charge in [0.15, 0.2) is 37.7 Å². The van der Waals surface area contributed by atoms with Gasteiger partial charge in [0, 0.05) is 69.7 Å². The first-order valence-corrected chi connectivity index (χ1v) is 33.8. The quantitative estimate of drug-likeness (QED) is 0.0546. The van der Waals surface area contributed by atoms with Gasteiger partial charge in [-0.2, -0.15) is 0 Å². The molecule has 26 heteroatoms. The van der Waals surface area contributed by atoms with E-state index >= 15 is 0 Å². The van der Waals surface area contributed by atoms with Gasteiger partial charge in [-0.3, -0.25) is 4.79 Å². The first-order chi connectivity index (χ1) is 44.6. The van der Waals surface area contributed by atoms with Gasteiger partial charge in [0.25, 0.3) is 0 Å². The van der Waals surface area contributed by atoms with Crippen molar-refractivity contribution in [1.82, 2.24) is 0 Å². The summed E-state index contributed by atoms with van der Waals surface area (Å²) in [6, 6.07) is 9.38. The lowest BCUT2D eigenvalue weighted by Gasteiger charge is -2.66. The average molecular weight is 1340 g/mol. The minimum atomic E-state index is -1.72. The molecule has 3 saturated carbocycles. The van der Waals surface area contributed by atoms with Crippen LogP contribution in [0, 0.1) is 22.7 Å². The van der Waals surface area contributed by atoms with E-state index in [0.717, 1.165) is 11.1 Å². The van der Waals surface area contributed by atoms with Crippen LogP contribution in [-0.2, 0) is 80.6 Å². The number of Topliss-reactive ketones (excluding diaryl/α,β-unsaturated/α-hetero) is 1. The second-order valence-electron chi connectivity index (χ2n) is 28.6. The highest BCUT2D eigenvalue weighted by atomic mass is 16.8. The molecule has 6 aliphatic heterocycles. The second kappa shape index (κ2) is 29.2.